The largest absolute Gasteiger partial charge is 0.482 e. The molecule has 0 unspecified atom stereocenters. The molecule has 0 saturated carbocycles. The van der Waals surface area contributed by atoms with Crippen molar-refractivity contribution in [2.75, 3.05) is 25.0 Å². The molecule has 1 saturated heterocycles. The summed E-state index contributed by atoms with van der Waals surface area (Å²) in [5.74, 6) is -0.893. The predicted molar refractivity (Wildman–Crippen MR) is 123 cm³/mol. The van der Waals surface area contributed by atoms with Crippen LogP contribution in [0.25, 0.3) is 10.2 Å². The summed E-state index contributed by atoms with van der Waals surface area (Å²) in [5, 5.41) is 2.52. The molecule has 3 aromatic rings. The lowest BCUT2D eigenvalue weighted by Gasteiger charge is -2.21. The number of benzene rings is 2. The van der Waals surface area contributed by atoms with E-state index in [1.807, 2.05) is 0 Å². The van der Waals surface area contributed by atoms with Gasteiger partial charge in [-0.1, -0.05) is 12.8 Å². The van der Waals surface area contributed by atoms with E-state index in [-0.39, 0.29) is 21.9 Å². The Labute approximate surface area is 198 Å². The zero-order chi connectivity index (χ0) is 24.3. The number of carbonyl (C=O) groups excluding carboxylic acids is 1. The Hall–Kier alpha value is -2.70. The van der Waals surface area contributed by atoms with Crippen molar-refractivity contribution < 1.29 is 31.1 Å². The average molecular weight is 514 g/mol. The Morgan fingerprint density at radius 2 is 1.82 bits per heavy atom. The summed E-state index contributed by atoms with van der Waals surface area (Å²) in [5.41, 5.74) is 2.43. The van der Waals surface area contributed by atoms with E-state index in [0.29, 0.717) is 18.6 Å². The molecule has 1 aromatic heterocycles. The molecule has 2 heterocycles. The van der Waals surface area contributed by atoms with Gasteiger partial charge >= 0.3 is 6.18 Å². The quantitative estimate of drug-likeness (QED) is 0.498. The fourth-order valence-corrected chi connectivity index (χ4v) is 5.93. The van der Waals surface area contributed by atoms with Gasteiger partial charge in [-0.05, 0) is 49.2 Å². The van der Waals surface area contributed by atoms with E-state index in [9.17, 15) is 26.4 Å². The lowest BCUT2D eigenvalue weighted by molar-refractivity contribution is -0.153. The Balaban J connectivity index is 1.66. The minimum Gasteiger partial charge on any atom is -0.482 e. The van der Waals surface area contributed by atoms with Gasteiger partial charge in [0.15, 0.2) is 6.61 Å². The van der Waals surface area contributed by atoms with Crippen LogP contribution in [-0.4, -0.2) is 49.5 Å². The van der Waals surface area contributed by atoms with Crippen LogP contribution in [0.5, 0.6) is 5.75 Å². The third-order valence-electron chi connectivity index (χ3n) is 5.39. The molecule has 182 valence electrons. The van der Waals surface area contributed by atoms with E-state index >= 15 is 0 Å². The van der Waals surface area contributed by atoms with Gasteiger partial charge in [0.25, 0.3) is 5.91 Å². The van der Waals surface area contributed by atoms with E-state index in [4.69, 9.17) is 4.74 Å². The van der Waals surface area contributed by atoms with Crippen LogP contribution < -0.4 is 10.1 Å². The second-order valence-corrected chi connectivity index (χ2v) is 10.7. The van der Waals surface area contributed by atoms with Gasteiger partial charge in [0.05, 0.1) is 26.3 Å². The number of alkyl halides is 3. The summed E-state index contributed by atoms with van der Waals surface area (Å²) in [6.07, 6.45) is -1.27. The van der Waals surface area contributed by atoms with Crippen molar-refractivity contribution >= 4 is 43.2 Å². The fourth-order valence-electron chi connectivity index (χ4n) is 3.67. The molecule has 1 N–H and O–H groups in total. The van der Waals surface area contributed by atoms with Crippen molar-refractivity contribution in [3.05, 3.63) is 47.5 Å². The van der Waals surface area contributed by atoms with Gasteiger partial charge in [-0.15, -0.1) is 11.3 Å². The van der Waals surface area contributed by atoms with E-state index < -0.39 is 28.7 Å². The van der Waals surface area contributed by atoms with Crippen LogP contribution in [0, 0.1) is 0 Å². The van der Waals surface area contributed by atoms with Crippen LogP contribution in [0.2, 0.25) is 0 Å². The molecule has 1 fully saturated rings. The highest BCUT2D eigenvalue weighted by Gasteiger charge is 2.30. The molecular formula is C22H22F3N3O4S2. The first-order valence-electron chi connectivity index (χ1n) is 10.6. The average Bonchev–Trinajstić information content (AvgIpc) is 3.08. The van der Waals surface area contributed by atoms with Crippen LogP contribution in [0.1, 0.15) is 36.0 Å². The summed E-state index contributed by atoms with van der Waals surface area (Å²) in [4.78, 5) is 16.9. The number of hydrogen-bond donors (Lipinski definition) is 1. The van der Waals surface area contributed by atoms with Crippen LogP contribution in [0.3, 0.4) is 0 Å². The third-order valence-corrected chi connectivity index (χ3v) is 8.07. The summed E-state index contributed by atoms with van der Waals surface area (Å²) in [7, 11) is -3.89. The molecule has 1 aliphatic rings. The summed E-state index contributed by atoms with van der Waals surface area (Å²) < 4.78 is 71.6. The van der Waals surface area contributed by atoms with Crippen molar-refractivity contribution in [2.24, 2.45) is 0 Å². The van der Waals surface area contributed by atoms with Gasteiger partial charge in [0, 0.05) is 18.7 Å². The van der Waals surface area contributed by atoms with Gasteiger partial charge in [-0.2, -0.15) is 17.5 Å². The molecule has 4 rings (SSSR count). The number of anilines is 1. The summed E-state index contributed by atoms with van der Waals surface area (Å²) >= 11 is 1.34. The molecular weight excluding hydrogens is 491 g/mol. The number of carbonyl (C=O) groups is 1. The molecule has 2 aromatic carbocycles. The number of fused-ring (bicyclic) bond motifs is 1. The number of sulfonamides is 1. The normalized spacial score (nSPS) is 15.7. The molecule has 0 aliphatic carbocycles. The summed E-state index contributed by atoms with van der Waals surface area (Å²) in [6.45, 7) is -0.850. The van der Waals surface area contributed by atoms with E-state index in [2.05, 4.69) is 10.3 Å². The first kappa shape index (κ1) is 24.4. The Morgan fingerprint density at radius 3 is 2.53 bits per heavy atom. The number of thiazole rings is 1. The maximum absolute atomic E-state index is 13.2. The Kier molecular flexibility index (Phi) is 7.10. The van der Waals surface area contributed by atoms with Crippen molar-refractivity contribution in [1.82, 2.24) is 9.29 Å². The Bertz CT molecular complexity index is 1280. The molecule has 0 radical (unpaired) electrons. The third kappa shape index (κ3) is 5.68. The number of amides is 1. The topological polar surface area (TPSA) is 88.6 Å². The standard InChI is InChI=1S/C22H22F3N3O4S2/c23-22(24,25)13-32-19-8-6-16(34(30,31)28-9-3-1-2-4-10-28)12-18(19)27-21(29)15-5-7-17-20(11-15)33-14-26-17/h5-8,11-12,14H,1-4,9-10,13H2,(H,27,29). The lowest BCUT2D eigenvalue weighted by Crippen LogP contribution is -2.32. The van der Waals surface area contributed by atoms with E-state index in [1.54, 1.807) is 17.6 Å². The highest BCUT2D eigenvalue weighted by atomic mass is 32.2. The number of aromatic nitrogens is 1. The van der Waals surface area contributed by atoms with Crippen LogP contribution in [-0.2, 0) is 10.0 Å². The smallest absolute Gasteiger partial charge is 0.422 e. The first-order valence-corrected chi connectivity index (χ1v) is 12.9. The van der Waals surface area contributed by atoms with Gasteiger partial charge in [0.2, 0.25) is 10.0 Å². The molecule has 7 nitrogen and oxygen atoms in total. The molecule has 0 atom stereocenters. The number of nitrogens with zero attached hydrogens (tertiary/aromatic N) is 2. The maximum atomic E-state index is 13.2. The van der Waals surface area contributed by atoms with Gasteiger partial charge in [-0.25, -0.2) is 13.4 Å². The second kappa shape index (κ2) is 9.88. The zero-order valence-electron chi connectivity index (χ0n) is 18.0. The van der Waals surface area contributed by atoms with Gasteiger partial charge < -0.3 is 10.1 Å². The second-order valence-electron chi connectivity index (χ2n) is 7.87. The van der Waals surface area contributed by atoms with Crippen molar-refractivity contribution in [1.29, 1.82) is 0 Å². The van der Waals surface area contributed by atoms with E-state index in [0.717, 1.165) is 42.5 Å². The monoisotopic (exact) mass is 513 g/mol. The van der Waals surface area contributed by atoms with Crippen molar-refractivity contribution in [3.63, 3.8) is 0 Å². The van der Waals surface area contributed by atoms with Crippen LogP contribution in [0.4, 0.5) is 18.9 Å². The molecule has 1 amide bonds. The number of hydrogen-bond acceptors (Lipinski definition) is 6. The van der Waals surface area contributed by atoms with Gasteiger partial charge in [-0.3, -0.25) is 4.79 Å². The maximum Gasteiger partial charge on any atom is 0.422 e. The fraction of sp³-hybridized carbons (Fsp3) is 0.364. The highest BCUT2D eigenvalue weighted by molar-refractivity contribution is 7.89. The first-order chi connectivity index (χ1) is 16.1. The minimum atomic E-state index is -4.60. The van der Waals surface area contributed by atoms with E-state index in [1.165, 1.54) is 27.8 Å². The Morgan fingerprint density at radius 1 is 1.09 bits per heavy atom. The van der Waals surface area contributed by atoms with Gasteiger partial charge in [0.1, 0.15) is 5.75 Å². The molecule has 1 aliphatic heterocycles. The summed E-state index contributed by atoms with van der Waals surface area (Å²) in [6, 6.07) is 8.28. The van der Waals surface area contributed by atoms with Crippen LogP contribution in [0.15, 0.2) is 46.8 Å². The van der Waals surface area contributed by atoms with Crippen molar-refractivity contribution in [2.45, 2.75) is 36.8 Å². The molecule has 34 heavy (non-hydrogen) atoms. The molecule has 12 heteroatoms. The molecule has 0 spiro atoms. The predicted octanol–water partition coefficient (Wildman–Crippen LogP) is 5.05. The SMILES string of the molecule is O=C(Nc1cc(S(=O)(=O)N2CCCCCC2)ccc1OCC(F)(F)F)c1ccc2ncsc2c1. The number of ether oxygens (including phenoxy) is 1. The lowest BCUT2D eigenvalue weighted by atomic mass is 10.2. The minimum absolute atomic E-state index is 0.123. The number of rotatable bonds is 6. The number of nitrogens with one attached hydrogen (secondary N) is 1. The zero-order valence-corrected chi connectivity index (χ0v) is 19.6. The van der Waals surface area contributed by atoms with Crippen molar-refractivity contribution in [3.8, 4) is 5.75 Å². The van der Waals surface area contributed by atoms with Crippen LogP contribution >= 0.6 is 11.3 Å². The highest BCUT2D eigenvalue weighted by Crippen LogP contribution is 2.32. The number of halogens is 3. The molecule has 0 bridgehead atoms.